The lowest BCUT2D eigenvalue weighted by Gasteiger charge is -2.36. The van der Waals surface area contributed by atoms with Crippen molar-refractivity contribution >= 4 is 28.8 Å². The van der Waals surface area contributed by atoms with Gasteiger partial charge in [0.15, 0.2) is 11.4 Å². The first-order chi connectivity index (χ1) is 10.8. The van der Waals surface area contributed by atoms with Crippen LogP contribution >= 0.6 is 11.6 Å². The van der Waals surface area contributed by atoms with E-state index in [-0.39, 0.29) is 10.7 Å². The van der Waals surface area contributed by atoms with Crippen LogP contribution in [0.2, 0.25) is 5.02 Å². The lowest BCUT2D eigenvalue weighted by atomic mass is 10.0. The van der Waals surface area contributed by atoms with Crippen molar-refractivity contribution in [1.29, 1.82) is 0 Å². The van der Waals surface area contributed by atoms with E-state index in [0.29, 0.717) is 23.8 Å². The summed E-state index contributed by atoms with van der Waals surface area (Å²) >= 11 is 6.01. The molecule has 1 aromatic carbocycles. The van der Waals surface area contributed by atoms with E-state index in [1.165, 1.54) is 18.3 Å². The van der Waals surface area contributed by atoms with Gasteiger partial charge in [0.2, 0.25) is 0 Å². The van der Waals surface area contributed by atoms with Gasteiger partial charge in [-0.05, 0) is 19.9 Å². The van der Waals surface area contributed by atoms with Crippen LogP contribution in [0.5, 0.6) is 5.75 Å². The summed E-state index contributed by atoms with van der Waals surface area (Å²) in [5.41, 5.74) is -0.334. The van der Waals surface area contributed by atoms with Crippen molar-refractivity contribution in [2.75, 3.05) is 11.4 Å². The number of aromatic nitrogens is 1. The third kappa shape index (κ3) is 2.75. The maximum Gasteiger partial charge on any atom is 0.291 e. The number of anilines is 2. The smallest absolute Gasteiger partial charge is 0.291 e. The fourth-order valence-corrected chi connectivity index (χ4v) is 2.82. The minimum atomic E-state index is -0.627. The highest BCUT2D eigenvalue weighted by atomic mass is 35.5. The minimum Gasteiger partial charge on any atom is -0.711 e. The largest absolute Gasteiger partial charge is 0.711 e. The molecular weight excluding hydrogens is 322 g/mol. The van der Waals surface area contributed by atoms with Crippen molar-refractivity contribution in [1.82, 2.24) is 0 Å². The third-order valence-corrected chi connectivity index (χ3v) is 3.82. The number of nitro groups is 1. The molecule has 0 N–H and O–H groups in total. The average molecular weight is 336 g/mol. The van der Waals surface area contributed by atoms with Crippen molar-refractivity contribution in [3.63, 3.8) is 0 Å². The summed E-state index contributed by atoms with van der Waals surface area (Å²) in [6.45, 7) is 4.10. The van der Waals surface area contributed by atoms with Gasteiger partial charge in [-0.15, -0.1) is 0 Å². The summed E-state index contributed by atoms with van der Waals surface area (Å²) in [5, 5.41) is 23.2. The standard InChI is InChI=1S/C15H14ClN3O4/c1-15(2)9-17(14-5-3-4-6-18(14)20)12-7-10(16)11(19(21)22)8-13(12)23-15/h3-8H,9H2,1-2H3. The monoisotopic (exact) mass is 335 g/mol. The van der Waals surface area contributed by atoms with E-state index in [2.05, 4.69) is 0 Å². The van der Waals surface area contributed by atoms with E-state index < -0.39 is 10.5 Å². The summed E-state index contributed by atoms with van der Waals surface area (Å²) in [6, 6.07) is 7.80. The Balaban J connectivity index is 2.20. The normalized spacial score (nSPS) is 15.7. The van der Waals surface area contributed by atoms with Crippen molar-refractivity contribution in [2.24, 2.45) is 0 Å². The van der Waals surface area contributed by atoms with Gasteiger partial charge in [0.05, 0.1) is 17.2 Å². The van der Waals surface area contributed by atoms with Crippen LogP contribution in [-0.4, -0.2) is 17.1 Å². The van der Waals surface area contributed by atoms with E-state index in [1.54, 1.807) is 23.1 Å². The summed E-state index contributed by atoms with van der Waals surface area (Å²) in [6.07, 6.45) is 1.39. The molecule has 1 aliphatic rings. The van der Waals surface area contributed by atoms with E-state index in [4.69, 9.17) is 16.3 Å². The van der Waals surface area contributed by atoms with Crippen LogP contribution in [-0.2, 0) is 0 Å². The molecule has 0 unspecified atom stereocenters. The van der Waals surface area contributed by atoms with Crippen LogP contribution < -0.4 is 14.4 Å². The van der Waals surface area contributed by atoms with Crippen LogP contribution in [0.4, 0.5) is 17.2 Å². The third-order valence-electron chi connectivity index (χ3n) is 3.52. The number of nitro benzene ring substituents is 1. The number of nitrogens with zero attached hydrogens (tertiary/aromatic N) is 3. The van der Waals surface area contributed by atoms with Gasteiger partial charge in [0.25, 0.3) is 11.5 Å². The Morgan fingerprint density at radius 3 is 2.78 bits per heavy atom. The van der Waals surface area contributed by atoms with Gasteiger partial charge >= 0.3 is 0 Å². The van der Waals surface area contributed by atoms with E-state index in [1.807, 2.05) is 13.8 Å². The highest BCUT2D eigenvalue weighted by Crippen LogP contribution is 2.44. The zero-order valence-electron chi connectivity index (χ0n) is 12.5. The Bertz CT molecular complexity index is 794. The number of ether oxygens (including phenoxy) is 1. The molecular formula is C15H14ClN3O4. The molecule has 7 nitrogen and oxygen atoms in total. The van der Waals surface area contributed by atoms with Gasteiger partial charge in [-0.3, -0.25) is 10.1 Å². The fourth-order valence-electron chi connectivity index (χ4n) is 2.59. The summed E-state index contributed by atoms with van der Waals surface area (Å²) in [4.78, 5) is 12.3. The van der Waals surface area contributed by atoms with Crippen molar-refractivity contribution in [3.05, 3.63) is 56.9 Å². The second kappa shape index (κ2) is 5.27. The quantitative estimate of drug-likeness (QED) is 0.364. The van der Waals surface area contributed by atoms with Crippen LogP contribution in [0.1, 0.15) is 13.8 Å². The Hall–Kier alpha value is -2.54. The SMILES string of the molecule is CC1(C)CN(c2cccc[n+]2[O-])c2cc(Cl)c([N+](=O)[O-])cc2O1. The predicted octanol–water partition coefficient (Wildman–Crippen LogP) is 3.19. The lowest BCUT2D eigenvalue weighted by molar-refractivity contribution is -0.592. The number of pyridine rings is 1. The fraction of sp³-hybridized carbons (Fsp3) is 0.267. The first kappa shape index (κ1) is 15.4. The number of rotatable bonds is 2. The van der Waals surface area contributed by atoms with Crippen LogP contribution in [0.15, 0.2) is 36.5 Å². The van der Waals surface area contributed by atoms with Gasteiger partial charge in [-0.1, -0.05) is 17.7 Å². The van der Waals surface area contributed by atoms with Crippen molar-refractivity contribution in [2.45, 2.75) is 19.4 Å². The molecule has 1 aliphatic heterocycles. The molecule has 0 bridgehead atoms. The molecule has 0 saturated carbocycles. The van der Waals surface area contributed by atoms with Gasteiger partial charge in [-0.2, -0.15) is 0 Å². The predicted molar refractivity (Wildman–Crippen MR) is 85.2 cm³/mol. The summed E-state index contributed by atoms with van der Waals surface area (Å²) in [7, 11) is 0. The molecule has 0 aliphatic carbocycles. The molecule has 3 rings (SSSR count). The Morgan fingerprint density at radius 1 is 1.39 bits per heavy atom. The molecule has 0 atom stereocenters. The van der Waals surface area contributed by atoms with Crippen molar-refractivity contribution < 1.29 is 14.4 Å². The topological polar surface area (TPSA) is 82.5 Å². The van der Waals surface area contributed by atoms with Crippen LogP contribution in [0, 0.1) is 15.3 Å². The van der Waals surface area contributed by atoms with Crippen LogP contribution in [0.3, 0.4) is 0 Å². The highest BCUT2D eigenvalue weighted by Gasteiger charge is 2.40. The second-order valence-corrected chi connectivity index (χ2v) is 6.27. The number of fused-ring (bicyclic) bond motifs is 1. The second-order valence-electron chi connectivity index (χ2n) is 5.86. The summed E-state index contributed by atoms with van der Waals surface area (Å²) < 4.78 is 6.58. The number of hydrogen-bond donors (Lipinski definition) is 0. The zero-order chi connectivity index (χ0) is 16.8. The maximum atomic E-state index is 12.1. The number of hydrogen-bond acceptors (Lipinski definition) is 5. The van der Waals surface area contributed by atoms with Crippen molar-refractivity contribution in [3.8, 4) is 5.75 Å². The number of benzene rings is 1. The van der Waals surface area contributed by atoms with Gasteiger partial charge in [0.1, 0.15) is 17.2 Å². The first-order valence-corrected chi connectivity index (χ1v) is 7.29. The molecule has 0 amide bonds. The molecule has 2 aromatic rings. The Labute approximate surface area is 137 Å². The first-order valence-electron chi connectivity index (χ1n) is 6.91. The van der Waals surface area contributed by atoms with Gasteiger partial charge in [-0.25, -0.2) is 9.63 Å². The molecule has 120 valence electrons. The molecule has 2 heterocycles. The highest BCUT2D eigenvalue weighted by molar-refractivity contribution is 6.33. The molecule has 8 heteroatoms. The van der Waals surface area contributed by atoms with Crippen LogP contribution in [0.25, 0.3) is 0 Å². The molecule has 0 spiro atoms. The Kier molecular flexibility index (Phi) is 3.52. The average Bonchev–Trinajstić information content (AvgIpc) is 2.46. The molecule has 0 radical (unpaired) electrons. The van der Waals surface area contributed by atoms with E-state index >= 15 is 0 Å². The van der Waals surface area contributed by atoms with Gasteiger partial charge in [0, 0.05) is 12.1 Å². The molecule has 23 heavy (non-hydrogen) atoms. The minimum absolute atomic E-state index is 0.00423. The van der Waals surface area contributed by atoms with E-state index in [9.17, 15) is 15.3 Å². The zero-order valence-corrected chi connectivity index (χ0v) is 13.3. The Morgan fingerprint density at radius 2 is 2.13 bits per heavy atom. The molecule has 1 aromatic heterocycles. The molecule has 0 saturated heterocycles. The summed E-state index contributed by atoms with van der Waals surface area (Å²) in [5.74, 6) is 0.719. The van der Waals surface area contributed by atoms with E-state index in [0.717, 1.165) is 4.73 Å². The number of halogens is 1. The van der Waals surface area contributed by atoms with Gasteiger partial charge < -0.3 is 9.94 Å². The lowest BCUT2D eigenvalue weighted by Crippen LogP contribution is -2.48. The maximum absolute atomic E-state index is 12.1. The molecule has 0 fully saturated rings.